The van der Waals surface area contributed by atoms with Crippen molar-refractivity contribution >= 4 is 33.4 Å². The maximum Gasteiger partial charge on any atom is 0.242 e. The van der Waals surface area contributed by atoms with Crippen LogP contribution in [0.15, 0.2) is 53.7 Å². The zero-order valence-electron chi connectivity index (χ0n) is 14.1. The van der Waals surface area contributed by atoms with E-state index >= 15 is 0 Å². The Morgan fingerprint density at radius 3 is 2.40 bits per heavy atom. The topological polar surface area (TPSA) is 88.2 Å². The molecular formula is C17H21N3O3S2. The molecule has 0 aliphatic rings. The van der Waals surface area contributed by atoms with Gasteiger partial charge in [-0.05, 0) is 49.6 Å². The largest absolute Gasteiger partial charge is 0.325 e. The summed E-state index contributed by atoms with van der Waals surface area (Å²) in [6, 6.07) is 8.96. The van der Waals surface area contributed by atoms with E-state index in [0.717, 1.165) is 5.56 Å². The number of carbonyl (C=O) groups is 1. The molecule has 0 radical (unpaired) electrons. The molecule has 0 fully saturated rings. The van der Waals surface area contributed by atoms with Crippen molar-refractivity contribution in [2.45, 2.75) is 24.3 Å². The number of rotatable bonds is 8. The van der Waals surface area contributed by atoms with Crippen LogP contribution in [0, 0.1) is 6.92 Å². The number of pyridine rings is 1. The van der Waals surface area contributed by atoms with E-state index in [1.54, 1.807) is 48.4 Å². The standard InChI is InChI=1S/C17H21N3O3S2/c1-13-3-5-15(6-4-13)25(22,23)20-16(9-12-24-2)17(21)19-14-7-10-18-11-8-14/h3-8,10-11,16,20H,9,12H2,1-2H3,(H,18,19,21)/t16-/m1/s1. The fourth-order valence-electron chi connectivity index (χ4n) is 2.12. The highest BCUT2D eigenvalue weighted by Crippen LogP contribution is 2.13. The number of hydrogen-bond acceptors (Lipinski definition) is 5. The van der Waals surface area contributed by atoms with Gasteiger partial charge in [-0.2, -0.15) is 16.5 Å². The van der Waals surface area contributed by atoms with Crippen molar-refractivity contribution in [1.29, 1.82) is 0 Å². The molecule has 2 rings (SSSR count). The average molecular weight is 380 g/mol. The predicted molar refractivity (Wildman–Crippen MR) is 101 cm³/mol. The molecule has 0 spiro atoms. The highest BCUT2D eigenvalue weighted by molar-refractivity contribution is 7.98. The van der Waals surface area contributed by atoms with Crippen LogP contribution >= 0.6 is 11.8 Å². The Morgan fingerprint density at radius 1 is 1.16 bits per heavy atom. The van der Waals surface area contributed by atoms with Gasteiger partial charge >= 0.3 is 0 Å². The summed E-state index contributed by atoms with van der Waals surface area (Å²) >= 11 is 1.55. The molecule has 0 bridgehead atoms. The molecule has 0 aliphatic carbocycles. The molecule has 0 saturated carbocycles. The van der Waals surface area contributed by atoms with Gasteiger partial charge in [-0.1, -0.05) is 17.7 Å². The Kier molecular flexibility index (Phi) is 6.98. The van der Waals surface area contributed by atoms with Crippen molar-refractivity contribution in [1.82, 2.24) is 9.71 Å². The van der Waals surface area contributed by atoms with Crippen LogP contribution in [-0.2, 0) is 14.8 Å². The average Bonchev–Trinajstić information content (AvgIpc) is 2.59. The summed E-state index contributed by atoms with van der Waals surface area (Å²) < 4.78 is 27.6. The third-order valence-corrected chi connectivity index (χ3v) is 5.64. The maximum atomic E-state index is 12.6. The minimum atomic E-state index is -3.78. The van der Waals surface area contributed by atoms with E-state index in [2.05, 4.69) is 15.0 Å². The van der Waals surface area contributed by atoms with Gasteiger partial charge in [0.25, 0.3) is 0 Å². The minimum Gasteiger partial charge on any atom is -0.325 e. The van der Waals surface area contributed by atoms with Crippen molar-refractivity contribution < 1.29 is 13.2 Å². The zero-order valence-corrected chi connectivity index (χ0v) is 15.7. The first kappa shape index (κ1) is 19.4. The van der Waals surface area contributed by atoms with E-state index in [4.69, 9.17) is 0 Å². The van der Waals surface area contributed by atoms with Crippen LogP contribution in [0.4, 0.5) is 5.69 Å². The monoisotopic (exact) mass is 379 g/mol. The first-order valence-electron chi connectivity index (χ1n) is 7.71. The highest BCUT2D eigenvalue weighted by atomic mass is 32.2. The van der Waals surface area contributed by atoms with Crippen LogP contribution in [0.1, 0.15) is 12.0 Å². The molecular weight excluding hydrogens is 358 g/mol. The molecule has 134 valence electrons. The first-order valence-corrected chi connectivity index (χ1v) is 10.6. The van der Waals surface area contributed by atoms with E-state index in [1.165, 1.54) is 12.1 Å². The van der Waals surface area contributed by atoms with E-state index in [0.29, 0.717) is 17.9 Å². The van der Waals surface area contributed by atoms with Gasteiger partial charge in [0.05, 0.1) is 4.90 Å². The van der Waals surface area contributed by atoms with E-state index in [9.17, 15) is 13.2 Å². The summed E-state index contributed by atoms with van der Waals surface area (Å²) in [4.78, 5) is 16.5. The van der Waals surface area contributed by atoms with Crippen LogP contribution < -0.4 is 10.0 Å². The number of aryl methyl sites for hydroxylation is 1. The summed E-state index contributed by atoms with van der Waals surface area (Å²) in [6.07, 6.45) is 5.42. The number of benzene rings is 1. The van der Waals surface area contributed by atoms with Gasteiger partial charge < -0.3 is 5.32 Å². The fraction of sp³-hybridized carbons (Fsp3) is 0.294. The van der Waals surface area contributed by atoms with E-state index < -0.39 is 22.0 Å². The maximum absolute atomic E-state index is 12.6. The predicted octanol–water partition coefficient (Wildman–Crippen LogP) is 2.43. The van der Waals surface area contributed by atoms with Gasteiger partial charge in [-0.25, -0.2) is 8.42 Å². The molecule has 1 aromatic carbocycles. The van der Waals surface area contributed by atoms with Crippen LogP contribution in [0.25, 0.3) is 0 Å². The Hall–Kier alpha value is -1.90. The summed E-state index contributed by atoms with van der Waals surface area (Å²) in [7, 11) is -3.78. The summed E-state index contributed by atoms with van der Waals surface area (Å²) in [5.74, 6) is 0.265. The lowest BCUT2D eigenvalue weighted by atomic mass is 10.2. The van der Waals surface area contributed by atoms with Crippen molar-refractivity contribution in [2.75, 3.05) is 17.3 Å². The third kappa shape index (κ3) is 5.84. The molecule has 2 aromatic rings. The lowest BCUT2D eigenvalue weighted by Gasteiger charge is -2.18. The van der Waals surface area contributed by atoms with Crippen LogP contribution in [0.5, 0.6) is 0 Å². The molecule has 6 nitrogen and oxygen atoms in total. The third-order valence-electron chi connectivity index (χ3n) is 3.50. The van der Waals surface area contributed by atoms with E-state index in [-0.39, 0.29) is 4.90 Å². The Bertz CT molecular complexity index is 794. The number of sulfonamides is 1. The Labute approximate surface area is 152 Å². The van der Waals surface area contributed by atoms with Gasteiger partial charge in [-0.3, -0.25) is 9.78 Å². The zero-order chi connectivity index (χ0) is 18.3. The number of anilines is 1. The minimum absolute atomic E-state index is 0.143. The second kappa shape index (κ2) is 8.98. The summed E-state index contributed by atoms with van der Waals surface area (Å²) in [5, 5.41) is 2.72. The Balaban J connectivity index is 2.15. The number of nitrogens with one attached hydrogen (secondary N) is 2. The van der Waals surface area contributed by atoms with Crippen molar-refractivity contribution in [2.24, 2.45) is 0 Å². The van der Waals surface area contributed by atoms with Gasteiger partial charge in [-0.15, -0.1) is 0 Å². The number of carbonyl (C=O) groups excluding carboxylic acids is 1. The summed E-state index contributed by atoms with van der Waals surface area (Å²) in [5.41, 5.74) is 1.54. The number of thioether (sulfide) groups is 1. The lowest BCUT2D eigenvalue weighted by molar-refractivity contribution is -0.117. The van der Waals surface area contributed by atoms with Gasteiger partial charge in [0.15, 0.2) is 0 Å². The van der Waals surface area contributed by atoms with Crippen LogP contribution in [-0.4, -0.2) is 37.4 Å². The van der Waals surface area contributed by atoms with Crippen LogP contribution in [0.3, 0.4) is 0 Å². The lowest BCUT2D eigenvalue weighted by Crippen LogP contribution is -2.44. The molecule has 0 aliphatic heterocycles. The van der Waals surface area contributed by atoms with Gasteiger partial charge in [0.2, 0.25) is 15.9 Å². The SMILES string of the molecule is CSCC[C@@H](NS(=O)(=O)c1ccc(C)cc1)C(=O)Nc1ccncc1. The molecule has 1 atom stereocenters. The van der Waals surface area contributed by atoms with Crippen molar-refractivity contribution in [3.05, 3.63) is 54.4 Å². The molecule has 1 aromatic heterocycles. The number of hydrogen-bond donors (Lipinski definition) is 2. The highest BCUT2D eigenvalue weighted by Gasteiger charge is 2.25. The smallest absolute Gasteiger partial charge is 0.242 e. The molecule has 1 amide bonds. The summed E-state index contributed by atoms with van der Waals surface area (Å²) in [6.45, 7) is 1.88. The van der Waals surface area contributed by atoms with Gasteiger partial charge in [0.1, 0.15) is 6.04 Å². The number of aromatic nitrogens is 1. The van der Waals surface area contributed by atoms with Crippen LogP contribution in [0.2, 0.25) is 0 Å². The molecule has 25 heavy (non-hydrogen) atoms. The second-order valence-corrected chi connectivity index (χ2v) is 8.19. The molecule has 2 N–H and O–H groups in total. The molecule has 1 heterocycles. The Morgan fingerprint density at radius 2 is 1.80 bits per heavy atom. The van der Waals surface area contributed by atoms with E-state index in [1.807, 2.05) is 13.2 Å². The normalized spacial score (nSPS) is 12.6. The van der Waals surface area contributed by atoms with Gasteiger partial charge in [0, 0.05) is 18.1 Å². The molecule has 0 unspecified atom stereocenters. The first-order chi connectivity index (χ1) is 11.9. The fourth-order valence-corrected chi connectivity index (χ4v) is 3.82. The number of nitrogens with zero attached hydrogens (tertiary/aromatic N) is 1. The molecule has 0 saturated heterocycles. The second-order valence-electron chi connectivity index (χ2n) is 5.49. The van der Waals surface area contributed by atoms with Crippen molar-refractivity contribution in [3.63, 3.8) is 0 Å². The number of amides is 1. The van der Waals surface area contributed by atoms with Crippen molar-refractivity contribution in [3.8, 4) is 0 Å². The quantitative estimate of drug-likeness (QED) is 0.735. The molecule has 8 heteroatoms.